The molecule has 1 unspecified atom stereocenters. The number of aliphatic hydroxyl groups is 1. The lowest BCUT2D eigenvalue weighted by atomic mass is 10.1. The Hall–Kier alpha value is -1.26. The molecular formula is C14H20ClN3O. The van der Waals surface area contributed by atoms with Gasteiger partial charge in [-0.1, -0.05) is 25.4 Å². The maximum Gasteiger partial charge on any atom is 0.0868 e. The third-order valence-electron chi connectivity index (χ3n) is 3.38. The highest BCUT2D eigenvalue weighted by Gasteiger charge is 2.14. The van der Waals surface area contributed by atoms with Crippen molar-refractivity contribution in [3.05, 3.63) is 40.4 Å². The number of hydrogen-bond donors (Lipinski definition) is 1. The van der Waals surface area contributed by atoms with Gasteiger partial charge in [-0.2, -0.15) is 5.10 Å². The van der Waals surface area contributed by atoms with Crippen molar-refractivity contribution in [1.82, 2.24) is 14.3 Å². The molecule has 0 aromatic carbocycles. The Morgan fingerprint density at radius 1 is 1.42 bits per heavy atom. The summed E-state index contributed by atoms with van der Waals surface area (Å²) in [5.41, 5.74) is 2.86. The molecule has 0 saturated carbocycles. The Balaban J connectivity index is 2.22. The van der Waals surface area contributed by atoms with Gasteiger partial charge >= 0.3 is 0 Å². The first-order chi connectivity index (χ1) is 9.06. The molecule has 0 bridgehead atoms. The SMILES string of the molecule is CCc1nn(C)c(Cn2ccc(C(O)CC)c2)c1Cl. The van der Waals surface area contributed by atoms with Crippen molar-refractivity contribution in [3.63, 3.8) is 0 Å². The number of nitrogens with zero attached hydrogens (tertiary/aromatic N) is 3. The lowest BCUT2D eigenvalue weighted by Gasteiger charge is -2.06. The maximum absolute atomic E-state index is 9.80. The van der Waals surface area contributed by atoms with Gasteiger partial charge in [0.15, 0.2) is 0 Å². The van der Waals surface area contributed by atoms with E-state index in [0.717, 1.165) is 34.8 Å². The molecule has 0 aliphatic heterocycles. The second-order valence-corrected chi connectivity index (χ2v) is 5.10. The predicted octanol–water partition coefficient (Wildman–Crippen LogP) is 2.93. The van der Waals surface area contributed by atoms with Crippen LogP contribution in [0.25, 0.3) is 0 Å². The highest BCUT2D eigenvalue weighted by atomic mass is 35.5. The van der Waals surface area contributed by atoms with Gasteiger partial charge in [-0.3, -0.25) is 4.68 Å². The molecule has 19 heavy (non-hydrogen) atoms. The molecule has 0 spiro atoms. The molecule has 0 aliphatic carbocycles. The van der Waals surface area contributed by atoms with Crippen LogP contribution >= 0.6 is 11.6 Å². The standard InChI is InChI=1S/C14H20ClN3O/c1-4-11-14(15)12(17(3)16-11)9-18-7-6-10(8-18)13(19)5-2/h6-8,13,19H,4-5,9H2,1-3H3. The quantitative estimate of drug-likeness (QED) is 0.916. The zero-order valence-corrected chi connectivity index (χ0v) is 12.4. The van der Waals surface area contributed by atoms with Crippen molar-refractivity contribution >= 4 is 11.6 Å². The third-order valence-corrected chi connectivity index (χ3v) is 3.82. The average molecular weight is 282 g/mol. The first kappa shape index (κ1) is 14.2. The highest BCUT2D eigenvalue weighted by molar-refractivity contribution is 6.31. The zero-order chi connectivity index (χ0) is 14.0. The summed E-state index contributed by atoms with van der Waals surface area (Å²) in [6.45, 7) is 4.68. The van der Waals surface area contributed by atoms with E-state index in [1.165, 1.54) is 0 Å². The fourth-order valence-corrected chi connectivity index (χ4v) is 2.51. The molecule has 0 radical (unpaired) electrons. The smallest absolute Gasteiger partial charge is 0.0868 e. The molecule has 0 fully saturated rings. The van der Waals surface area contributed by atoms with E-state index in [9.17, 15) is 5.11 Å². The maximum atomic E-state index is 9.80. The molecule has 1 atom stereocenters. The lowest BCUT2D eigenvalue weighted by molar-refractivity contribution is 0.173. The fourth-order valence-electron chi connectivity index (χ4n) is 2.16. The van der Waals surface area contributed by atoms with Crippen molar-refractivity contribution in [2.75, 3.05) is 0 Å². The molecule has 1 N–H and O–H groups in total. The van der Waals surface area contributed by atoms with E-state index in [4.69, 9.17) is 11.6 Å². The van der Waals surface area contributed by atoms with Gasteiger partial charge < -0.3 is 9.67 Å². The molecule has 2 aromatic heterocycles. The molecule has 104 valence electrons. The van der Waals surface area contributed by atoms with Gasteiger partial charge in [0.05, 0.1) is 29.1 Å². The first-order valence-electron chi connectivity index (χ1n) is 6.60. The molecule has 2 aromatic rings. The molecule has 2 rings (SSSR count). The minimum Gasteiger partial charge on any atom is -0.388 e. The van der Waals surface area contributed by atoms with E-state index < -0.39 is 6.10 Å². The summed E-state index contributed by atoms with van der Waals surface area (Å²) < 4.78 is 3.85. The zero-order valence-electron chi connectivity index (χ0n) is 11.6. The Labute approximate surface area is 118 Å². The second kappa shape index (κ2) is 5.80. The Kier molecular flexibility index (Phi) is 4.32. The summed E-state index contributed by atoms with van der Waals surface area (Å²) >= 11 is 6.33. The summed E-state index contributed by atoms with van der Waals surface area (Å²) in [5, 5.41) is 15.0. The molecule has 4 nitrogen and oxygen atoms in total. The van der Waals surface area contributed by atoms with Gasteiger partial charge in [-0.15, -0.1) is 0 Å². The van der Waals surface area contributed by atoms with Crippen LogP contribution in [0.3, 0.4) is 0 Å². The normalized spacial score (nSPS) is 12.9. The first-order valence-corrected chi connectivity index (χ1v) is 6.98. The number of aromatic nitrogens is 3. The van der Waals surface area contributed by atoms with Crippen LogP contribution in [0.15, 0.2) is 18.5 Å². The highest BCUT2D eigenvalue weighted by Crippen LogP contribution is 2.23. The number of aryl methyl sites for hydroxylation is 2. The summed E-state index contributed by atoms with van der Waals surface area (Å²) in [7, 11) is 1.91. The monoisotopic (exact) mass is 281 g/mol. The van der Waals surface area contributed by atoms with E-state index in [1.807, 2.05) is 48.6 Å². The molecular weight excluding hydrogens is 262 g/mol. The van der Waals surface area contributed by atoms with E-state index in [-0.39, 0.29) is 0 Å². The number of halogens is 1. The molecule has 0 amide bonds. The minimum absolute atomic E-state index is 0.394. The van der Waals surface area contributed by atoms with Gasteiger partial charge in [-0.05, 0) is 24.5 Å². The van der Waals surface area contributed by atoms with Gasteiger partial charge in [0.1, 0.15) is 0 Å². The largest absolute Gasteiger partial charge is 0.388 e. The molecule has 2 heterocycles. The number of hydrogen-bond acceptors (Lipinski definition) is 2. The molecule has 0 saturated heterocycles. The number of aliphatic hydroxyl groups excluding tert-OH is 1. The van der Waals surface area contributed by atoms with E-state index in [2.05, 4.69) is 5.10 Å². The van der Waals surface area contributed by atoms with Crippen molar-refractivity contribution < 1.29 is 5.11 Å². The summed E-state index contributed by atoms with van der Waals surface area (Å²) in [4.78, 5) is 0. The van der Waals surface area contributed by atoms with Crippen LogP contribution < -0.4 is 0 Å². The van der Waals surface area contributed by atoms with Crippen molar-refractivity contribution in [2.24, 2.45) is 7.05 Å². The van der Waals surface area contributed by atoms with Crippen LogP contribution in [0.5, 0.6) is 0 Å². The second-order valence-electron chi connectivity index (χ2n) is 4.73. The Bertz CT molecular complexity index is 559. The van der Waals surface area contributed by atoms with E-state index in [1.54, 1.807) is 0 Å². The number of rotatable bonds is 5. The van der Waals surface area contributed by atoms with Crippen LogP contribution in [0.2, 0.25) is 5.02 Å². The van der Waals surface area contributed by atoms with Gasteiger partial charge in [0.25, 0.3) is 0 Å². The topological polar surface area (TPSA) is 43.0 Å². The summed E-state index contributed by atoms with van der Waals surface area (Å²) in [6.07, 6.45) is 5.08. The van der Waals surface area contributed by atoms with Gasteiger partial charge in [0.2, 0.25) is 0 Å². The lowest BCUT2D eigenvalue weighted by Crippen LogP contribution is -2.04. The summed E-state index contributed by atoms with van der Waals surface area (Å²) in [6, 6.07) is 1.94. The summed E-state index contributed by atoms with van der Waals surface area (Å²) in [5.74, 6) is 0. The Morgan fingerprint density at radius 3 is 2.74 bits per heavy atom. The Morgan fingerprint density at radius 2 is 2.16 bits per heavy atom. The third kappa shape index (κ3) is 2.85. The predicted molar refractivity (Wildman–Crippen MR) is 76.4 cm³/mol. The van der Waals surface area contributed by atoms with Crippen LogP contribution in [-0.2, 0) is 20.0 Å². The minimum atomic E-state index is -0.394. The molecule has 0 aliphatic rings. The fraction of sp³-hybridized carbons (Fsp3) is 0.500. The van der Waals surface area contributed by atoms with Crippen LogP contribution in [-0.4, -0.2) is 19.5 Å². The van der Waals surface area contributed by atoms with Crippen molar-refractivity contribution in [1.29, 1.82) is 0 Å². The van der Waals surface area contributed by atoms with Gasteiger partial charge in [0, 0.05) is 19.4 Å². The van der Waals surface area contributed by atoms with E-state index >= 15 is 0 Å². The van der Waals surface area contributed by atoms with E-state index in [0.29, 0.717) is 6.54 Å². The van der Waals surface area contributed by atoms with Crippen molar-refractivity contribution in [3.8, 4) is 0 Å². The van der Waals surface area contributed by atoms with Crippen LogP contribution in [0, 0.1) is 0 Å². The van der Waals surface area contributed by atoms with Crippen LogP contribution in [0.4, 0.5) is 0 Å². The average Bonchev–Trinajstić information content (AvgIpc) is 2.98. The van der Waals surface area contributed by atoms with Crippen LogP contribution in [0.1, 0.15) is 43.3 Å². The molecule has 5 heteroatoms. The van der Waals surface area contributed by atoms with Crippen molar-refractivity contribution in [2.45, 2.75) is 39.3 Å². The van der Waals surface area contributed by atoms with Gasteiger partial charge in [-0.25, -0.2) is 0 Å².